The molecule has 0 N–H and O–H groups in total. The number of halogens is 1. The van der Waals surface area contributed by atoms with Crippen molar-refractivity contribution >= 4 is 17.0 Å². The summed E-state index contributed by atoms with van der Waals surface area (Å²) >= 11 is 1.52. The number of thiazole rings is 1. The molecule has 3 rings (SSSR count). The normalized spacial score (nSPS) is 21.1. The first-order valence-corrected chi connectivity index (χ1v) is 9.09. The Hall–Kier alpha value is -1.75. The Bertz CT molecular complexity index is 773. The highest BCUT2D eigenvalue weighted by Crippen LogP contribution is 2.25. The molecule has 0 saturated heterocycles. The molecular formula is C18H22FN3S. The number of hydrogen-bond donors (Lipinski definition) is 0. The SMILES string of the molecule is CCN=c1scc(-c2ccccc2F)n1N=C1CCCC(C)C1. The van der Waals surface area contributed by atoms with Crippen molar-refractivity contribution in [3.8, 4) is 11.3 Å². The highest BCUT2D eigenvalue weighted by Gasteiger charge is 2.16. The van der Waals surface area contributed by atoms with E-state index in [2.05, 4.69) is 11.9 Å². The zero-order chi connectivity index (χ0) is 16.2. The van der Waals surface area contributed by atoms with Crippen LogP contribution in [0.4, 0.5) is 4.39 Å². The van der Waals surface area contributed by atoms with Crippen LogP contribution in [0.2, 0.25) is 0 Å². The van der Waals surface area contributed by atoms with Gasteiger partial charge in [-0.05, 0) is 50.7 Å². The van der Waals surface area contributed by atoms with Crippen LogP contribution >= 0.6 is 11.3 Å². The third-order valence-corrected chi connectivity index (χ3v) is 4.97. The van der Waals surface area contributed by atoms with Gasteiger partial charge in [-0.15, -0.1) is 11.3 Å². The number of aromatic nitrogens is 1. The summed E-state index contributed by atoms with van der Waals surface area (Å²) in [6, 6.07) is 6.85. The highest BCUT2D eigenvalue weighted by atomic mass is 32.1. The summed E-state index contributed by atoms with van der Waals surface area (Å²) in [6.45, 7) is 4.96. The fourth-order valence-corrected chi connectivity index (χ4v) is 3.87. The largest absolute Gasteiger partial charge is 0.258 e. The van der Waals surface area contributed by atoms with Crippen LogP contribution in [0, 0.1) is 11.7 Å². The maximum absolute atomic E-state index is 14.2. The second-order valence-corrected chi connectivity index (χ2v) is 6.87. The molecule has 1 heterocycles. The molecule has 2 aromatic rings. The summed E-state index contributed by atoms with van der Waals surface area (Å²) in [5, 5.41) is 6.80. The first-order chi connectivity index (χ1) is 11.2. The van der Waals surface area contributed by atoms with Crippen molar-refractivity contribution in [2.75, 3.05) is 6.54 Å². The maximum atomic E-state index is 14.2. The Morgan fingerprint density at radius 3 is 2.91 bits per heavy atom. The molecular weight excluding hydrogens is 309 g/mol. The Labute approximate surface area is 140 Å². The monoisotopic (exact) mass is 331 g/mol. The number of hydrogen-bond acceptors (Lipinski definition) is 3. The van der Waals surface area contributed by atoms with E-state index in [1.807, 2.05) is 23.0 Å². The summed E-state index contributed by atoms with van der Waals surface area (Å²) in [4.78, 5) is 5.35. The Morgan fingerprint density at radius 2 is 2.17 bits per heavy atom. The predicted molar refractivity (Wildman–Crippen MR) is 94.3 cm³/mol. The zero-order valence-electron chi connectivity index (χ0n) is 13.6. The average molecular weight is 331 g/mol. The summed E-state index contributed by atoms with van der Waals surface area (Å²) in [7, 11) is 0. The molecule has 1 aliphatic carbocycles. The second kappa shape index (κ2) is 7.21. The molecule has 3 nitrogen and oxygen atoms in total. The van der Waals surface area contributed by atoms with Crippen molar-refractivity contribution < 1.29 is 4.39 Å². The van der Waals surface area contributed by atoms with E-state index in [0.717, 1.165) is 23.3 Å². The Morgan fingerprint density at radius 1 is 1.35 bits per heavy atom. The quantitative estimate of drug-likeness (QED) is 0.781. The summed E-state index contributed by atoms with van der Waals surface area (Å²) < 4.78 is 16.0. The van der Waals surface area contributed by atoms with Crippen molar-refractivity contribution in [3.05, 3.63) is 40.3 Å². The van der Waals surface area contributed by atoms with Gasteiger partial charge in [0.25, 0.3) is 0 Å². The molecule has 5 heteroatoms. The van der Waals surface area contributed by atoms with E-state index >= 15 is 0 Å². The average Bonchev–Trinajstić information content (AvgIpc) is 2.91. The molecule has 0 spiro atoms. The van der Waals surface area contributed by atoms with E-state index in [9.17, 15) is 4.39 Å². The molecule has 1 atom stereocenters. The molecule has 23 heavy (non-hydrogen) atoms. The second-order valence-electron chi connectivity index (χ2n) is 6.04. The summed E-state index contributed by atoms with van der Waals surface area (Å²) in [5.41, 5.74) is 2.55. The van der Waals surface area contributed by atoms with E-state index in [1.165, 1.54) is 36.0 Å². The summed E-state index contributed by atoms with van der Waals surface area (Å²) in [5.74, 6) is 0.449. The molecule has 0 bridgehead atoms. The van der Waals surface area contributed by atoms with E-state index in [4.69, 9.17) is 5.10 Å². The highest BCUT2D eigenvalue weighted by molar-refractivity contribution is 7.07. The minimum atomic E-state index is -0.223. The van der Waals surface area contributed by atoms with Crippen LogP contribution in [-0.4, -0.2) is 16.9 Å². The molecule has 1 fully saturated rings. The van der Waals surface area contributed by atoms with Gasteiger partial charge in [-0.1, -0.05) is 19.1 Å². The lowest BCUT2D eigenvalue weighted by Gasteiger charge is -2.19. The van der Waals surface area contributed by atoms with E-state index < -0.39 is 0 Å². The smallest absolute Gasteiger partial charge is 0.206 e. The topological polar surface area (TPSA) is 29.6 Å². The standard InChI is InChI=1S/C18H22FN3S/c1-3-20-18-22(21-14-8-6-7-13(2)11-14)17(12-23-18)15-9-4-5-10-16(15)19/h4-5,9-10,12-13H,3,6-8,11H2,1-2H3. The Balaban J connectivity index is 2.10. The molecule has 1 aromatic heterocycles. The first-order valence-electron chi connectivity index (χ1n) is 8.21. The minimum absolute atomic E-state index is 0.223. The molecule has 0 aliphatic heterocycles. The molecule has 0 amide bonds. The van der Waals surface area contributed by atoms with Gasteiger partial charge in [-0.3, -0.25) is 4.99 Å². The van der Waals surface area contributed by atoms with Crippen LogP contribution in [0.1, 0.15) is 39.5 Å². The molecule has 1 aromatic carbocycles. The van der Waals surface area contributed by atoms with Crippen LogP contribution in [-0.2, 0) is 0 Å². The van der Waals surface area contributed by atoms with Crippen molar-refractivity contribution in [3.63, 3.8) is 0 Å². The first kappa shape index (κ1) is 16.1. The van der Waals surface area contributed by atoms with Crippen molar-refractivity contribution in [2.24, 2.45) is 16.0 Å². The summed E-state index contributed by atoms with van der Waals surface area (Å²) in [6.07, 6.45) is 4.49. The van der Waals surface area contributed by atoms with E-state index in [1.54, 1.807) is 12.1 Å². The molecule has 122 valence electrons. The lowest BCUT2D eigenvalue weighted by Crippen LogP contribution is -2.19. The third-order valence-electron chi connectivity index (χ3n) is 4.12. The van der Waals surface area contributed by atoms with Gasteiger partial charge in [0.1, 0.15) is 5.82 Å². The molecule has 1 saturated carbocycles. The van der Waals surface area contributed by atoms with Crippen LogP contribution < -0.4 is 4.80 Å². The van der Waals surface area contributed by atoms with Gasteiger partial charge in [0.15, 0.2) is 0 Å². The van der Waals surface area contributed by atoms with Gasteiger partial charge < -0.3 is 0 Å². The Kier molecular flexibility index (Phi) is 5.06. The van der Waals surface area contributed by atoms with Gasteiger partial charge in [-0.2, -0.15) is 5.10 Å². The number of rotatable bonds is 3. The van der Waals surface area contributed by atoms with Crippen LogP contribution in [0.15, 0.2) is 39.7 Å². The number of benzene rings is 1. The number of nitrogens with zero attached hydrogens (tertiary/aromatic N) is 3. The van der Waals surface area contributed by atoms with Gasteiger partial charge in [0.05, 0.1) is 5.69 Å². The van der Waals surface area contributed by atoms with Crippen molar-refractivity contribution in [1.29, 1.82) is 0 Å². The van der Waals surface area contributed by atoms with Crippen molar-refractivity contribution in [2.45, 2.75) is 39.5 Å². The predicted octanol–water partition coefficient (Wildman–Crippen LogP) is 4.69. The molecule has 1 aliphatic rings. The van der Waals surface area contributed by atoms with Crippen molar-refractivity contribution in [1.82, 2.24) is 4.68 Å². The van der Waals surface area contributed by atoms with Gasteiger partial charge in [-0.25, -0.2) is 9.07 Å². The fraction of sp³-hybridized carbons (Fsp3) is 0.444. The van der Waals surface area contributed by atoms with Gasteiger partial charge >= 0.3 is 0 Å². The van der Waals surface area contributed by atoms with Crippen LogP contribution in [0.25, 0.3) is 11.3 Å². The van der Waals surface area contributed by atoms with Gasteiger partial charge in [0, 0.05) is 23.2 Å². The lowest BCUT2D eigenvalue weighted by atomic mass is 9.89. The van der Waals surface area contributed by atoms with Crippen LogP contribution in [0.3, 0.4) is 0 Å². The third kappa shape index (κ3) is 3.61. The zero-order valence-corrected chi connectivity index (χ0v) is 14.4. The van der Waals surface area contributed by atoms with E-state index in [0.29, 0.717) is 18.0 Å². The minimum Gasteiger partial charge on any atom is -0.258 e. The lowest BCUT2D eigenvalue weighted by molar-refractivity contribution is 0.497. The molecule has 0 radical (unpaired) electrons. The van der Waals surface area contributed by atoms with Crippen LogP contribution in [0.5, 0.6) is 0 Å². The van der Waals surface area contributed by atoms with Gasteiger partial charge in [0.2, 0.25) is 4.80 Å². The molecule has 1 unspecified atom stereocenters. The fourth-order valence-electron chi connectivity index (χ4n) is 2.99. The maximum Gasteiger partial charge on any atom is 0.206 e. The van der Waals surface area contributed by atoms with E-state index in [-0.39, 0.29) is 5.82 Å².